The van der Waals surface area contributed by atoms with Crippen LogP contribution in [0.15, 0.2) is 24.3 Å². The molecule has 2 N–H and O–H groups in total. The highest BCUT2D eigenvalue weighted by molar-refractivity contribution is 5.96. The maximum Gasteiger partial charge on any atom is 0.228 e. The first kappa shape index (κ1) is 14.1. The fourth-order valence-electron chi connectivity index (χ4n) is 2.94. The summed E-state index contributed by atoms with van der Waals surface area (Å²) in [5, 5.41) is 12.5. The maximum absolute atomic E-state index is 12.3. The number of amides is 1. The Morgan fingerprint density at radius 2 is 1.84 bits per heavy atom. The van der Waals surface area contributed by atoms with Gasteiger partial charge in [-0.05, 0) is 35.4 Å². The molecular weight excluding hydrogens is 238 g/mol. The van der Waals surface area contributed by atoms with Gasteiger partial charge in [0.25, 0.3) is 0 Å². The number of carbonyl (C=O) groups excluding carboxylic acids is 1. The van der Waals surface area contributed by atoms with Gasteiger partial charge < -0.3 is 10.4 Å². The Balaban J connectivity index is 2.11. The first-order valence-electron chi connectivity index (χ1n) is 6.77. The van der Waals surface area contributed by atoms with Crippen LogP contribution in [0, 0.1) is 16.7 Å². The molecular formula is C16H23NO2. The van der Waals surface area contributed by atoms with Crippen molar-refractivity contribution in [2.24, 2.45) is 16.7 Å². The summed E-state index contributed by atoms with van der Waals surface area (Å²) in [6.45, 7) is 10.2. The molecule has 0 aliphatic heterocycles. The second-order valence-corrected chi connectivity index (χ2v) is 6.67. The summed E-state index contributed by atoms with van der Waals surface area (Å²) in [6.07, 6.45) is -0.523. The van der Waals surface area contributed by atoms with Gasteiger partial charge in [-0.2, -0.15) is 0 Å². The lowest BCUT2D eigenvalue weighted by molar-refractivity contribution is -0.118. The average Bonchev–Trinajstić information content (AvgIpc) is 2.69. The zero-order valence-corrected chi connectivity index (χ0v) is 12.3. The normalized spacial score (nSPS) is 21.8. The minimum atomic E-state index is -0.523. The molecule has 0 aromatic heterocycles. The molecule has 0 spiro atoms. The minimum Gasteiger partial charge on any atom is -0.389 e. The van der Waals surface area contributed by atoms with E-state index in [2.05, 4.69) is 33.0 Å². The van der Waals surface area contributed by atoms with Crippen molar-refractivity contribution in [1.29, 1.82) is 0 Å². The molecule has 1 atom stereocenters. The van der Waals surface area contributed by atoms with Crippen LogP contribution in [0.25, 0.3) is 0 Å². The van der Waals surface area contributed by atoms with Gasteiger partial charge in [0.15, 0.2) is 0 Å². The van der Waals surface area contributed by atoms with E-state index in [0.29, 0.717) is 0 Å². The zero-order valence-electron chi connectivity index (χ0n) is 12.3. The van der Waals surface area contributed by atoms with Crippen LogP contribution in [-0.4, -0.2) is 11.0 Å². The highest BCUT2D eigenvalue weighted by atomic mass is 16.3. The molecule has 0 heterocycles. The van der Waals surface area contributed by atoms with E-state index in [1.807, 2.05) is 24.3 Å². The van der Waals surface area contributed by atoms with E-state index in [1.54, 1.807) is 6.92 Å². The molecule has 1 amide bonds. The van der Waals surface area contributed by atoms with Gasteiger partial charge in [-0.25, -0.2) is 0 Å². The number of benzene rings is 1. The first-order valence-corrected chi connectivity index (χ1v) is 6.77. The SMILES string of the molecule is CC(O)c1cccc(NC(=O)C2C(C)(C)C2(C)C)c1. The molecule has 0 saturated heterocycles. The molecule has 19 heavy (non-hydrogen) atoms. The Kier molecular flexibility index (Phi) is 3.21. The van der Waals surface area contributed by atoms with Crippen molar-refractivity contribution in [2.45, 2.75) is 40.7 Å². The summed E-state index contributed by atoms with van der Waals surface area (Å²) in [5.41, 5.74) is 1.65. The molecule has 1 aromatic carbocycles. The quantitative estimate of drug-likeness (QED) is 0.876. The minimum absolute atomic E-state index is 0.0372. The fraction of sp³-hybridized carbons (Fsp3) is 0.562. The second kappa shape index (κ2) is 4.34. The average molecular weight is 261 g/mol. The summed E-state index contributed by atoms with van der Waals surface area (Å²) in [5.74, 6) is 0.105. The number of hydrogen-bond acceptors (Lipinski definition) is 2. The number of carbonyl (C=O) groups is 1. The number of nitrogens with one attached hydrogen (secondary N) is 1. The second-order valence-electron chi connectivity index (χ2n) is 6.67. The van der Waals surface area contributed by atoms with E-state index in [9.17, 15) is 9.90 Å². The Morgan fingerprint density at radius 3 is 2.32 bits per heavy atom. The van der Waals surface area contributed by atoms with Crippen molar-refractivity contribution in [3.8, 4) is 0 Å². The van der Waals surface area contributed by atoms with E-state index in [4.69, 9.17) is 0 Å². The lowest BCUT2D eigenvalue weighted by Crippen LogP contribution is -2.17. The van der Waals surface area contributed by atoms with Gasteiger partial charge in [0.05, 0.1) is 6.10 Å². The topological polar surface area (TPSA) is 49.3 Å². The van der Waals surface area contributed by atoms with Crippen LogP contribution >= 0.6 is 0 Å². The third-order valence-electron chi connectivity index (χ3n) is 4.92. The van der Waals surface area contributed by atoms with E-state index in [1.165, 1.54) is 0 Å². The van der Waals surface area contributed by atoms with Crippen LogP contribution < -0.4 is 5.32 Å². The maximum atomic E-state index is 12.3. The first-order chi connectivity index (χ1) is 8.68. The van der Waals surface area contributed by atoms with Crippen LogP contribution in [-0.2, 0) is 4.79 Å². The summed E-state index contributed by atoms with van der Waals surface area (Å²) < 4.78 is 0. The van der Waals surface area contributed by atoms with Crippen LogP contribution in [0.3, 0.4) is 0 Å². The number of aliphatic hydroxyl groups is 1. The summed E-state index contributed by atoms with van der Waals surface area (Å²) in [4.78, 5) is 12.3. The van der Waals surface area contributed by atoms with E-state index < -0.39 is 6.10 Å². The highest BCUT2D eigenvalue weighted by Gasteiger charge is 2.68. The van der Waals surface area contributed by atoms with E-state index in [-0.39, 0.29) is 22.7 Å². The monoisotopic (exact) mass is 261 g/mol. The third-order valence-corrected chi connectivity index (χ3v) is 4.92. The predicted octanol–water partition coefficient (Wildman–Crippen LogP) is 3.36. The molecule has 104 valence electrons. The van der Waals surface area contributed by atoms with Crippen molar-refractivity contribution in [1.82, 2.24) is 0 Å². The lowest BCUT2D eigenvalue weighted by atomic mass is 10.0. The van der Waals surface area contributed by atoms with Crippen LogP contribution in [0.5, 0.6) is 0 Å². The number of hydrogen-bond donors (Lipinski definition) is 2. The molecule has 0 radical (unpaired) electrons. The zero-order chi connectivity index (χ0) is 14.4. The van der Waals surface area contributed by atoms with Crippen molar-refractivity contribution in [3.05, 3.63) is 29.8 Å². The van der Waals surface area contributed by atoms with Gasteiger partial charge in [0.2, 0.25) is 5.91 Å². The molecule has 1 aliphatic rings. The summed E-state index contributed by atoms with van der Waals surface area (Å²) in [7, 11) is 0. The molecule has 1 fully saturated rings. The van der Waals surface area contributed by atoms with Gasteiger partial charge in [-0.3, -0.25) is 4.79 Å². The molecule has 2 rings (SSSR count). The molecule has 1 aliphatic carbocycles. The van der Waals surface area contributed by atoms with Gasteiger partial charge in [0.1, 0.15) is 0 Å². The largest absolute Gasteiger partial charge is 0.389 e. The van der Waals surface area contributed by atoms with Crippen LogP contribution in [0.1, 0.15) is 46.3 Å². The molecule has 3 nitrogen and oxygen atoms in total. The highest BCUT2D eigenvalue weighted by Crippen LogP contribution is 2.68. The molecule has 0 bridgehead atoms. The van der Waals surface area contributed by atoms with Crippen molar-refractivity contribution in [3.63, 3.8) is 0 Å². The fourth-order valence-corrected chi connectivity index (χ4v) is 2.94. The van der Waals surface area contributed by atoms with Gasteiger partial charge >= 0.3 is 0 Å². The standard InChI is InChI=1S/C16H23NO2/c1-10(18)11-7-6-8-12(9-11)17-14(19)13-15(2,3)16(13,4)5/h6-10,13,18H,1-5H3,(H,17,19). The Hall–Kier alpha value is -1.35. The molecule has 1 aromatic rings. The molecule has 3 heteroatoms. The van der Waals surface area contributed by atoms with Gasteiger partial charge in [0, 0.05) is 11.6 Å². The van der Waals surface area contributed by atoms with Crippen molar-refractivity contribution >= 4 is 11.6 Å². The van der Waals surface area contributed by atoms with Crippen LogP contribution in [0.2, 0.25) is 0 Å². The number of aliphatic hydroxyl groups excluding tert-OH is 1. The number of anilines is 1. The Labute approximate surface area is 115 Å². The van der Waals surface area contributed by atoms with E-state index in [0.717, 1.165) is 11.3 Å². The summed E-state index contributed by atoms with van der Waals surface area (Å²) >= 11 is 0. The Bertz CT molecular complexity index is 489. The van der Waals surface area contributed by atoms with Crippen LogP contribution in [0.4, 0.5) is 5.69 Å². The predicted molar refractivity (Wildman–Crippen MR) is 76.8 cm³/mol. The molecule has 1 unspecified atom stereocenters. The number of rotatable bonds is 3. The smallest absolute Gasteiger partial charge is 0.228 e. The lowest BCUT2D eigenvalue weighted by Gasteiger charge is -2.10. The van der Waals surface area contributed by atoms with Crippen molar-refractivity contribution < 1.29 is 9.90 Å². The van der Waals surface area contributed by atoms with Crippen molar-refractivity contribution in [2.75, 3.05) is 5.32 Å². The van der Waals surface area contributed by atoms with E-state index >= 15 is 0 Å². The van der Waals surface area contributed by atoms with Gasteiger partial charge in [-0.15, -0.1) is 0 Å². The van der Waals surface area contributed by atoms with Gasteiger partial charge in [-0.1, -0.05) is 39.8 Å². The Morgan fingerprint density at radius 1 is 1.26 bits per heavy atom. The summed E-state index contributed by atoms with van der Waals surface area (Å²) in [6, 6.07) is 7.38. The molecule has 1 saturated carbocycles. The third kappa shape index (κ3) is 2.27.